The number of nitrogens with zero attached hydrogens (tertiary/aromatic N) is 1. The van der Waals surface area contributed by atoms with E-state index in [0.29, 0.717) is 22.2 Å². The summed E-state index contributed by atoms with van der Waals surface area (Å²) in [7, 11) is 0. The van der Waals surface area contributed by atoms with Crippen LogP contribution in [0.25, 0.3) is 10.9 Å². The normalized spacial score (nSPS) is 10.8. The summed E-state index contributed by atoms with van der Waals surface area (Å²) in [4.78, 5) is 4.26. The molecule has 0 aliphatic rings. The second-order valence-corrected chi connectivity index (χ2v) is 5.43. The zero-order chi connectivity index (χ0) is 14.8. The van der Waals surface area contributed by atoms with Gasteiger partial charge in [0.05, 0.1) is 10.5 Å². The molecular formula is C16H11Cl2FN2. The van der Waals surface area contributed by atoms with Crippen LogP contribution in [0.3, 0.4) is 0 Å². The summed E-state index contributed by atoms with van der Waals surface area (Å²) < 4.78 is 13.8. The summed E-state index contributed by atoms with van der Waals surface area (Å²) in [6, 6.07) is 12.0. The zero-order valence-corrected chi connectivity index (χ0v) is 12.4. The Balaban J connectivity index is 1.90. The van der Waals surface area contributed by atoms with Crippen molar-refractivity contribution in [3.05, 3.63) is 70.1 Å². The predicted octanol–water partition coefficient (Wildman–Crippen LogP) is 5.29. The lowest BCUT2D eigenvalue weighted by molar-refractivity contribution is 0.613. The van der Waals surface area contributed by atoms with Crippen LogP contribution in [0.4, 0.5) is 10.1 Å². The van der Waals surface area contributed by atoms with Crippen molar-refractivity contribution in [1.82, 2.24) is 4.98 Å². The van der Waals surface area contributed by atoms with Gasteiger partial charge in [0.2, 0.25) is 0 Å². The monoisotopic (exact) mass is 320 g/mol. The second-order valence-electron chi connectivity index (χ2n) is 4.58. The van der Waals surface area contributed by atoms with Crippen LogP contribution >= 0.6 is 23.2 Å². The van der Waals surface area contributed by atoms with Crippen LogP contribution < -0.4 is 5.32 Å². The van der Waals surface area contributed by atoms with Gasteiger partial charge in [-0.05, 0) is 36.4 Å². The van der Waals surface area contributed by atoms with E-state index in [9.17, 15) is 4.39 Å². The van der Waals surface area contributed by atoms with Crippen molar-refractivity contribution in [2.45, 2.75) is 6.54 Å². The fourth-order valence-corrected chi connectivity index (χ4v) is 2.52. The zero-order valence-electron chi connectivity index (χ0n) is 10.9. The molecule has 3 aromatic rings. The van der Waals surface area contributed by atoms with E-state index in [-0.39, 0.29) is 5.82 Å². The highest BCUT2D eigenvalue weighted by Crippen LogP contribution is 2.28. The molecule has 0 radical (unpaired) electrons. The molecule has 0 saturated carbocycles. The van der Waals surface area contributed by atoms with Crippen LogP contribution in [0.5, 0.6) is 0 Å². The van der Waals surface area contributed by atoms with Crippen LogP contribution in [0.2, 0.25) is 10.0 Å². The third-order valence-electron chi connectivity index (χ3n) is 3.20. The van der Waals surface area contributed by atoms with E-state index in [1.54, 1.807) is 24.4 Å². The summed E-state index contributed by atoms with van der Waals surface area (Å²) >= 11 is 11.9. The molecule has 1 N–H and O–H groups in total. The van der Waals surface area contributed by atoms with E-state index < -0.39 is 0 Å². The van der Waals surface area contributed by atoms with Crippen molar-refractivity contribution in [2.75, 3.05) is 5.32 Å². The van der Waals surface area contributed by atoms with Gasteiger partial charge < -0.3 is 5.32 Å². The van der Waals surface area contributed by atoms with Gasteiger partial charge in [-0.1, -0.05) is 29.3 Å². The maximum Gasteiger partial charge on any atom is 0.129 e. The van der Waals surface area contributed by atoms with Gasteiger partial charge >= 0.3 is 0 Å². The molecule has 0 aliphatic carbocycles. The quantitative estimate of drug-likeness (QED) is 0.709. The largest absolute Gasteiger partial charge is 0.380 e. The minimum absolute atomic E-state index is 0.327. The fourth-order valence-electron chi connectivity index (χ4n) is 2.15. The first kappa shape index (κ1) is 14.1. The molecule has 2 aromatic carbocycles. The highest BCUT2D eigenvalue weighted by atomic mass is 35.5. The molecule has 0 atom stereocenters. The summed E-state index contributed by atoms with van der Waals surface area (Å²) in [6.45, 7) is 0.356. The molecule has 106 valence electrons. The number of hydrogen-bond donors (Lipinski definition) is 1. The van der Waals surface area contributed by atoms with Crippen LogP contribution in [-0.4, -0.2) is 4.98 Å². The van der Waals surface area contributed by atoms with Gasteiger partial charge in [-0.15, -0.1) is 0 Å². The molecule has 1 heterocycles. The minimum atomic E-state index is -0.327. The van der Waals surface area contributed by atoms with Crippen molar-refractivity contribution in [1.29, 1.82) is 0 Å². The maximum absolute atomic E-state index is 13.8. The van der Waals surface area contributed by atoms with Crippen LogP contribution in [0, 0.1) is 5.82 Å². The van der Waals surface area contributed by atoms with Gasteiger partial charge in [0.15, 0.2) is 0 Å². The molecule has 2 nitrogen and oxygen atoms in total. The lowest BCUT2D eigenvalue weighted by Crippen LogP contribution is -2.02. The molecule has 0 amide bonds. The molecule has 0 fully saturated rings. The molecule has 0 saturated heterocycles. The average molecular weight is 321 g/mol. The highest BCUT2D eigenvalue weighted by Gasteiger charge is 2.07. The molecule has 0 unspecified atom stereocenters. The van der Waals surface area contributed by atoms with Crippen LogP contribution in [0.1, 0.15) is 5.56 Å². The predicted molar refractivity (Wildman–Crippen MR) is 85.5 cm³/mol. The molecule has 0 bridgehead atoms. The molecule has 21 heavy (non-hydrogen) atoms. The van der Waals surface area contributed by atoms with Crippen molar-refractivity contribution in [2.24, 2.45) is 0 Å². The Labute approximate surface area is 131 Å². The van der Waals surface area contributed by atoms with Gasteiger partial charge in [-0.3, -0.25) is 4.98 Å². The molecular weight excluding hydrogens is 310 g/mol. The number of hydrogen-bond acceptors (Lipinski definition) is 2. The summed E-state index contributed by atoms with van der Waals surface area (Å²) in [6.07, 6.45) is 1.69. The molecule has 1 aromatic heterocycles. The number of anilines is 1. The minimum Gasteiger partial charge on any atom is -0.380 e. The van der Waals surface area contributed by atoms with Gasteiger partial charge in [0.1, 0.15) is 5.82 Å². The molecule has 0 aliphatic heterocycles. The number of rotatable bonds is 3. The Bertz CT molecular complexity index is 805. The van der Waals surface area contributed by atoms with E-state index in [2.05, 4.69) is 10.3 Å². The van der Waals surface area contributed by atoms with Gasteiger partial charge in [-0.25, -0.2) is 4.39 Å². The van der Waals surface area contributed by atoms with Crippen LogP contribution in [0.15, 0.2) is 48.7 Å². The van der Waals surface area contributed by atoms with E-state index >= 15 is 0 Å². The third kappa shape index (κ3) is 2.94. The first-order chi connectivity index (χ1) is 10.1. The summed E-state index contributed by atoms with van der Waals surface area (Å²) in [5, 5.41) is 5.09. The second kappa shape index (κ2) is 5.88. The Kier molecular flexibility index (Phi) is 3.95. The Morgan fingerprint density at radius 1 is 1.10 bits per heavy atom. The summed E-state index contributed by atoms with van der Waals surface area (Å²) in [5.41, 5.74) is 2.13. The van der Waals surface area contributed by atoms with Gasteiger partial charge in [0.25, 0.3) is 0 Å². The first-order valence-electron chi connectivity index (χ1n) is 6.36. The smallest absolute Gasteiger partial charge is 0.129 e. The third-order valence-corrected chi connectivity index (χ3v) is 3.74. The SMILES string of the molecule is Fc1cc(Cl)ccc1CNc1ccc(Cl)c2ncccc12. The molecule has 0 spiro atoms. The van der Waals surface area contributed by atoms with E-state index in [4.69, 9.17) is 23.2 Å². The lowest BCUT2D eigenvalue weighted by Gasteiger charge is -2.11. The topological polar surface area (TPSA) is 24.9 Å². The number of aromatic nitrogens is 1. The number of pyridine rings is 1. The van der Waals surface area contributed by atoms with Crippen molar-refractivity contribution in [3.63, 3.8) is 0 Å². The van der Waals surface area contributed by atoms with Crippen molar-refractivity contribution in [3.8, 4) is 0 Å². The van der Waals surface area contributed by atoms with Crippen molar-refractivity contribution < 1.29 is 4.39 Å². The maximum atomic E-state index is 13.8. The fraction of sp³-hybridized carbons (Fsp3) is 0.0625. The van der Waals surface area contributed by atoms with E-state index in [1.165, 1.54) is 6.07 Å². The molecule has 3 rings (SSSR count). The number of fused-ring (bicyclic) bond motifs is 1. The Hall–Kier alpha value is -1.84. The Morgan fingerprint density at radius 3 is 2.76 bits per heavy atom. The first-order valence-corrected chi connectivity index (χ1v) is 7.12. The van der Waals surface area contributed by atoms with E-state index in [1.807, 2.05) is 18.2 Å². The highest BCUT2D eigenvalue weighted by molar-refractivity contribution is 6.35. The van der Waals surface area contributed by atoms with Crippen molar-refractivity contribution >= 4 is 39.8 Å². The lowest BCUT2D eigenvalue weighted by atomic mass is 10.1. The van der Waals surface area contributed by atoms with Gasteiger partial charge in [0, 0.05) is 34.4 Å². The van der Waals surface area contributed by atoms with Crippen LogP contribution in [-0.2, 0) is 6.54 Å². The number of benzene rings is 2. The standard InChI is InChI=1S/C16H11Cl2FN2/c17-11-4-3-10(14(19)8-11)9-21-15-6-5-13(18)16-12(15)2-1-7-20-16/h1-8,21H,9H2. The average Bonchev–Trinajstić information content (AvgIpc) is 2.48. The number of halogens is 3. The van der Waals surface area contributed by atoms with Gasteiger partial charge in [-0.2, -0.15) is 0 Å². The summed E-state index contributed by atoms with van der Waals surface area (Å²) in [5.74, 6) is -0.327. The number of nitrogens with one attached hydrogen (secondary N) is 1. The van der Waals surface area contributed by atoms with E-state index in [0.717, 1.165) is 16.6 Å². The Morgan fingerprint density at radius 2 is 1.95 bits per heavy atom. The molecule has 5 heteroatoms.